The van der Waals surface area contributed by atoms with E-state index in [-0.39, 0.29) is 27.9 Å². The van der Waals surface area contributed by atoms with Crippen LogP contribution in [0.2, 0.25) is 0 Å². The normalized spacial score (nSPS) is 11.2. The number of nitrogens with one attached hydrogen (secondary N) is 1. The van der Waals surface area contributed by atoms with Crippen LogP contribution in [-0.2, 0) is 16.4 Å². The van der Waals surface area contributed by atoms with Gasteiger partial charge in [0, 0.05) is 13.6 Å². The van der Waals surface area contributed by atoms with Gasteiger partial charge in [-0.25, -0.2) is 12.8 Å². The van der Waals surface area contributed by atoms with Crippen molar-refractivity contribution in [3.05, 3.63) is 95.3 Å². The van der Waals surface area contributed by atoms with Gasteiger partial charge in [0.25, 0.3) is 15.9 Å². The first kappa shape index (κ1) is 21.5. The Kier molecular flexibility index (Phi) is 6.52. The van der Waals surface area contributed by atoms with E-state index >= 15 is 0 Å². The smallest absolute Gasteiger partial charge is 0.264 e. The fourth-order valence-electron chi connectivity index (χ4n) is 3.00. The van der Waals surface area contributed by atoms with Crippen LogP contribution in [0.25, 0.3) is 0 Å². The van der Waals surface area contributed by atoms with Crippen molar-refractivity contribution in [2.75, 3.05) is 17.9 Å². The zero-order chi connectivity index (χ0) is 21.7. The molecule has 0 heterocycles. The lowest BCUT2D eigenvalue weighted by molar-refractivity contribution is 0.0955. The second kappa shape index (κ2) is 9.09. The van der Waals surface area contributed by atoms with Gasteiger partial charge in [-0.15, -0.1) is 0 Å². The first-order valence-electron chi connectivity index (χ1n) is 9.46. The van der Waals surface area contributed by atoms with Crippen LogP contribution in [0.15, 0.2) is 77.7 Å². The van der Waals surface area contributed by atoms with Crippen LogP contribution in [0.5, 0.6) is 0 Å². The highest BCUT2D eigenvalue weighted by Crippen LogP contribution is 2.26. The van der Waals surface area contributed by atoms with Crippen molar-refractivity contribution < 1.29 is 17.6 Å². The van der Waals surface area contributed by atoms with Gasteiger partial charge in [0.2, 0.25) is 0 Å². The summed E-state index contributed by atoms with van der Waals surface area (Å²) in [6.45, 7) is 2.22. The van der Waals surface area contributed by atoms with Gasteiger partial charge >= 0.3 is 0 Å². The zero-order valence-corrected chi connectivity index (χ0v) is 17.6. The highest BCUT2D eigenvalue weighted by atomic mass is 32.2. The number of para-hydroxylation sites is 1. The van der Waals surface area contributed by atoms with Crippen molar-refractivity contribution in [2.45, 2.75) is 18.2 Å². The molecule has 1 N–H and O–H groups in total. The van der Waals surface area contributed by atoms with Crippen LogP contribution >= 0.6 is 0 Å². The SMILES string of the molecule is Cc1ccc(S(=O)(=O)N(C)c2ccccc2C(=O)NCCc2ccc(F)cc2)cc1. The molecule has 7 heteroatoms. The molecule has 0 saturated heterocycles. The number of halogens is 1. The largest absolute Gasteiger partial charge is 0.352 e. The van der Waals surface area contributed by atoms with Gasteiger partial charge in [0.05, 0.1) is 16.1 Å². The highest BCUT2D eigenvalue weighted by molar-refractivity contribution is 7.92. The first-order valence-corrected chi connectivity index (χ1v) is 10.9. The molecular weight excluding hydrogens is 403 g/mol. The minimum absolute atomic E-state index is 0.155. The van der Waals surface area contributed by atoms with Gasteiger partial charge in [-0.1, -0.05) is 42.0 Å². The summed E-state index contributed by atoms with van der Waals surface area (Å²) >= 11 is 0. The fourth-order valence-corrected chi connectivity index (χ4v) is 4.22. The second-order valence-electron chi connectivity index (χ2n) is 6.94. The van der Waals surface area contributed by atoms with E-state index in [9.17, 15) is 17.6 Å². The molecule has 3 rings (SSSR count). The quantitative estimate of drug-likeness (QED) is 0.623. The highest BCUT2D eigenvalue weighted by Gasteiger charge is 2.24. The molecule has 0 spiro atoms. The molecule has 0 unspecified atom stereocenters. The van der Waals surface area contributed by atoms with Crippen LogP contribution in [0.1, 0.15) is 21.5 Å². The van der Waals surface area contributed by atoms with E-state index in [0.717, 1.165) is 15.4 Å². The lowest BCUT2D eigenvalue weighted by Crippen LogP contribution is -2.31. The second-order valence-corrected chi connectivity index (χ2v) is 8.90. The topological polar surface area (TPSA) is 66.5 Å². The molecule has 0 atom stereocenters. The Morgan fingerprint density at radius 2 is 1.60 bits per heavy atom. The Balaban J connectivity index is 1.76. The van der Waals surface area contributed by atoms with E-state index in [2.05, 4.69) is 5.32 Å². The molecule has 0 aliphatic heterocycles. The molecule has 3 aromatic rings. The average molecular weight is 427 g/mol. The summed E-state index contributed by atoms with van der Waals surface area (Å²) in [5, 5.41) is 2.80. The predicted molar refractivity (Wildman–Crippen MR) is 116 cm³/mol. The van der Waals surface area contributed by atoms with E-state index in [1.165, 1.54) is 19.2 Å². The van der Waals surface area contributed by atoms with Crippen molar-refractivity contribution in [2.24, 2.45) is 0 Å². The molecule has 3 aromatic carbocycles. The average Bonchev–Trinajstić information content (AvgIpc) is 2.75. The lowest BCUT2D eigenvalue weighted by atomic mass is 10.1. The third-order valence-electron chi connectivity index (χ3n) is 4.78. The number of nitrogens with zero attached hydrogens (tertiary/aromatic N) is 1. The monoisotopic (exact) mass is 426 g/mol. The van der Waals surface area contributed by atoms with E-state index < -0.39 is 10.0 Å². The summed E-state index contributed by atoms with van der Waals surface area (Å²) in [5.74, 6) is -0.687. The number of anilines is 1. The number of benzene rings is 3. The van der Waals surface area contributed by atoms with Crippen molar-refractivity contribution in [1.29, 1.82) is 0 Å². The van der Waals surface area contributed by atoms with Crippen LogP contribution < -0.4 is 9.62 Å². The standard InChI is InChI=1S/C23H23FN2O3S/c1-17-7-13-20(14-8-17)30(28,29)26(2)22-6-4-3-5-21(22)23(27)25-16-15-18-9-11-19(24)12-10-18/h3-14H,15-16H2,1-2H3,(H,25,27). The lowest BCUT2D eigenvalue weighted by Gasteiger charge is -2.22. The number of rotatable bonds is 7. The number of carbonyl (C=O) groups is 1. The van der Waals surface area contributed by atoms with Gasteiger partial charge in [0.1, 0.15) is 5.82 Å². The number of aryl methyl sites for hydroxylation is 1. The Hall–Kier alpha value is -3.19. The maximum atomic E-state index is 13.0. The molecular formula is C23H23FN2O3S. The number of carbonyl (C=O) groups excluding carboxylic acids is 1. The van der Waals surface area contributed by atoms with E-state index in [4.69, 9.17) is 0 Å². The Labute approximate surface area is 176 Å². The Morgan fingerprint density at radius 1 is 0.967 bits per heavy atom. The molecule has 0 aliphatic rings. The summed E-state index contributed by atoms with van der Waals surface area (Å²) in [5.41, 5.74) is 2.40. The molecule has 0 bridgehead atoms. The summed E-state index contributed by atoms with van der Waals surface area (Å²) in [6, 6.07) is 19.2. The molecule has 0 aliphatic carbocycles. The molecule has 0 aromatic heterocycles. The first-order chi connectivity index (χ1) is 14.3. The predicted octanol–water partition coefficient (Wildman–Crippen LogP) is 3.93. The van der Waals surface area contributed by atoms with Gasteiger partial charge in [-0.3, -0.25) is 9.10 Å². The minimum Gasteiger partial charge on any atom is -0.352 e. The Morgan fingerprint density at radius 3 is 2.27 bits per heavy atom. The van der Waals surface area contributed by atoms with Crippen molar-refractivity contribution in [3.8, 4) is 0 Å². The maximum Gasteiger partial charge on any atom is 0.264 e. The number of hydrogen-bond acceptors (Lipinski definition) is 3. The van der Waals surface area contributed by atoms with Crippen LogP contribution in [0.4, 0.5) is 10.1 Å². The third kappa shape index (κ3) is 4.86. The van der Waals surface area contributed by atoms with Crippen molar-refractivity contribution >= 4 is 21.6 Å². The van der Waals surface area contributed by atoms with E-state index in [0.29, 0.717) is 13.0 Å². The van der Waals surface area contributed by atoms with Crippen molar-refractivity contribution in [3.63, 3.8) is 0 Å². The van der Waals surface area contributed by atoms with Gasteiger partial charge < -0.3 is 5.32 Å². The Bertz CT molecular complexity index is 1130. The maximum absolute atomic E-state index is 13.0. The van der Waals surface area contributed by atoms with Crippen LogP contribution in [-0.4, -0.2) is 27.9 Å². The van der Waals surface area contributed by atoms with E-state index in [1.807, 2.05) is 6.92 Å². The molecule has 156 valence electrons. The zero-order valence-electron chi connectivity index (χ0n) is 16.8. The number of sulfonamides is 1. The molecule has 5 nitrogen and oxygen atoms in total. The summed E-state index contributed by atoms with van der Waals surface area (Å²) in [4.78, 5) is 12.9. The molecule has 0 saturated carbocycles. The fraction of sp³-hybridized carbons (Fsp3) is 0.174. The van der Waals surface area contributed by atoms with Gasteiger partial charge in [-0.05, 0) is 55.3 Å². The molecule has 0 radical (unpaired) electrons. The summed E-state index contributed by atoms with van der Waals surface area (Å²) < 4.78 is 40.1. The molecule has 0 fully saturated rings. The number of hydrogen-bond donors (Lipinski definition) is 1. The van der Waals surface area contributed by atoms with Gasteiger partial charge in [0.15, 0.2) is 0 Å². The molecule has 30 heavy (non-hydrogen) atoms. The van der Waals surface area contributed by atoms with Crippen LogP contribution in [0.3, 0.4) is 0 Å². The number of amides is 1. The van der Waals surface area contributed by atoms with E-state index in [1.54, 1.807) is 60.7 Å². The van der Waals surface area contributed by atoms with Gasteiger partial charge in [-0.2, -0.15) is 0 Å². The van der Waals surface area contributed by atoms with Crippen molar-refractivity contribution in [1.82, 2.24) is 5.32 Å². The molecule has 1 amide bonds. The van der Waals surface area contributed by atoms with Crippen LogP contribution in [0, 0.1) is 12.7 Å². The third-order valence-corrected chi connectivity index (χ3v) is 6.57. The summed E-state index contributed by atoms with van der Waals surface area (Å²) in [7, 11) is -2.38. The minimum atomic E-state index is -3.81. The summed E-state index contributed by atoms with van der Waals surface area (Å²) in [6.07, 6.45) is 0.533.